The number of benzene rings is 2. The second kappa shape index (κ2) is 38.2. The fraction of sp³-hybridized carbons (Fsp3) is 0.542. The molecule has 0 radical (unpaired) electrons. The number of guanidine groups is 1. The standard InChI is InChI=1S/C59H92N18O12/c1-6-32(3)48(58(89)73-41(23-25-46(62)79)51(82)70-38(50(64)81)21-15-27-68-59(65)66)76-53(84)39(20-13-14-26-60)72-57(88)49(33(4)7-2)77-56(87)44(29-35-31-69-37-19-12-11-18-36(35)37)75-55(86)43(28-34-16-9-8-10-17-34)74-52(83)40(22-24-45(61)78)71-54(85)42(67-5)30-47(63)80/h8-12,16-19,31-33,38-44,48-49,67,69H,6-7,13-15,20-30,60H2,1-5H3,(H2,61,78)(H2,62,79)(H2,63,80)(H2,64,81)(H,70,82)(H,71,85)(H,72,88)(H,73,89)(H,74,83)(H,75,86)(H,76,84)(H,77,87)(H4,65,66,68). The molecule has 30 heteroatoms. The molecular weight excluding hydrogens is 1150 g/mol. The van der Waals surface area contributed by atoms with E-state index in [0.29, 0.717) is 47.7 Å². The Hall–Kier alpha value is -9.19. The van der Waals surface area contributed by atoms with E-state index >= 15 is 4.79 Å². The number of primary amides is 4. The van der Waals surface area contributed by atoms with Gasteiger partial charge in [0.05, 0.1) is 12.5 Å². The van der Waals surface area contributed by atoms with Gasteiger partial charge in [0, 0.05) is 49.3 Å². The summed E-state index contributed by atoms with van der Waals surface area (Å²) in [5.74, 6) is -11.5. The van der Waals surface area contributed by atoms with Crippen molar-refractivity contribution in [1.29, 1.82) is 0 Å². The molecule has 0 fully saturated rings. The van der Waals surface area contributed by atoms with Crippen LogP contribution in [-0.4, -0.2) is 156 Å². The highest BCUT2D eigenvalue weighted by Gasteiger charge is 2.38. The number of H-pyrrole nitrogens is 1. The Labute approximate surface area is 517 Å². The molecule has 0 bridgehead atoms. The van der Waals surface area contributed by atoms with Crippen LogP contribution in [0.15, 0.2) is 65.8 Å². The average Bonchev–Trinajstić information content (AvgIpc) is 3.96. The van der Waals surface area contributed by atoms with Crippen molar-refractivity contribution in [2.24, 2.45) is 57.0 Å². The third kappa shape index (κ3) is 25.6. The van der Waals surface area contributed by atoms with Crippen LogP contribution in [0.5, 0.6) is 0 Å². The highest BCUT2D eigenvalue weighted by molar-refractivity contribution is 5.99. The number of carbonyl (C=O) groups excluding carboxylic acids is 12. The molecule has 0 saturated heterocycles. The largest absolute Gasteiger partial charge is 0.370 e. The van der Waals surface area contributed by atoms with E-state index in [-0.39, 0.29) is 76.8 Å². The van der Waals surface area contributed by atoms with Crippen molar-refractivity contribution in [1.82, 2.24) is 52.8 Å². The zero-order valence-corrected chi connectivity index (χ0v) is 51.3. The van der Waals surface area contributed by atoms with Gasteiger partial charge in [0.2, 0.25) is 70.9 Å². The van der Waals surface area contributed by atoms with E-state index < -0.39 is 144 Å². The number of nitrogens with zero attached hydrogens (tertiary/aromatic N) is 1. The van der Waals surface area contributed by atoms with Crippen LogP contribution in [0.2, 0.25) is 0 Å². The number of hydrogen-bond donors (Lipinski definition) is 17. The summed E-state index contributed by atoms with van der Waals surface area (Å²) in [7, 11) is 1.40. The molecule has 30 nitrogen and oxygen atoms in total. The summed E-state index contributed by atoms with van der Waals surface area (Å²) in [5, 5.41) is 24.8. The van der Waals surface area contributed by atoms with E-state index in [9.17, 15) is 52.7 Å². The minimum atomic E-state index is -1.46. The van der Waals surface area contributed by atoms with Crippen LogP contribution in [0.1, 0.15) is 116 Å². The number of para-hydroxylation sites is 1. The lowest BCUT2D eigenvalue weighted by atomic mass is 9.95. The van der Waals surface area contributed by atoms with Gasteiger partial charge in [0.25, 0.3) is 0 Å². The Morgan fingerprint density at radius 1 is 0.483 bits per heavy atom. The molecule has 0 aliphatic heterocycles. The second-order valence-corrected chi connectivity index (χ2v) is 22.0. The quantitative estimate of drug-likeness (QED) is 0.0149. The molecule has 490 valence electrons. The van der Waals surface area contributed by atoms with Gasteiger partial charge in [-0.3, -0.25) is 62.5 Å². The van der Waals surface area contributed by atoms with Crippen molar-refractivity contribution < 1.29 is 57.5 Å². The minimum absolute atomic E-state index is 0.0103. The van der Waals surface area contributed by atoms with Gasteiger partial charge in [0.15, 0.2) is 5.96 Å². The average molecular weight is 1250 g/mol. The molecule has 11 unspecified atom stereocenters. The van der Waals surface area contributed by atoms with E-state index in [1.165, 1.54) is 7.05 Å². The summed E-state index contributed by atoms with van der Waals surface area (Å²) in [6, 6.07) is 3.52. The normalized spacial score (nSPS) is 14.8. The molecule has 2 aromatic carbocycles. The van der Waals surface area contributed by atoms with Crippen LogP contribution in [0, 0.1) is 11.8 Å². The van der Waals surface area contributed by atoms with E-state index in [1.807, 2.05) is 12.1 Å². The van der Waals surface area contributed by atoms with E-state index in [4.69, 9.17) is 40.1 Å². The number of hydrogen-bond acceptors (Lipinski definition) is 15. The van der Waals surface area contributed by atoms with Crippen LogP contribution in [0.3, 0.4) is 0 Å². The first-order valence-corrected chi connectivity index (χ1v) is 29.8. The molecule has 0 saturated carbocycles. The van der Waals surface area contributed by atoms with E-state index in [0.717, 1.165) is 0 Å². The number of aromatic nitrogens is 1. The SMILES string of the molecule is CCC(C)C(NC(=O)C(CCCCN)NC(=O)C(NC(=O)C(Cc1c[nH]c2ccccc12)NC(=O)C(Cc1ccccc1)NC(=O)C(CCC(N)=O)NC(=O)C(CC(N)=O)NC)C(C)CC)C(=O)NC(CCC(N)=O)C(=O)NC(CCCN=C(N)N)C(N)=O. The highest BCUT2D eigenvalue weighted by atomic mass is 16.2. The third-order valence-corrected chi connectivity index (χ3v) is 15.1. The van der Waals surface area contributed by atoms with Crippen molar-refractivity contribution >= 4 is 87.7 Å². The smallest absolute Gasteiger partial charge is 0.243 e. The minimum Gasteiger partial charge on any atom is -0.370 e. The van der Waals surface area contributed by atoms with Gasteiger partial charge >= 0.3 is 0 Å². The Morgan fingerprint density at radius 3 is 1.42 bits per heavy atom. The molecule has 3 aromatic rings. The monoisotopic (exact) mass is 1240 g/mol. The predicted octanol–water partition coefficient (Wildman–Crippen LogP) is -3.41. The highest BCUT2D eigenvalue weighted by Crippen LogP contribution is 2.21. The van der Waals surface area contributed by atoms with Gasteiger partial charge in [-0.05, 0) is 87.6 Å². The fourth-order valence-corrected chi connectivity index (χ4v) is 9.50. The molecular formula is C59H92N18O12. The zero-order valence-electron chi connectivity index (χ0n) is 51.3. The van der Waals surface area contributed by atoms with Crippen molar-refractivity contribution in [3.63, 3.8) is 0 Å². The number of aliphatic imine (C=N–C) groups is 1. The number of amides is 12. The lowest BCUT2D eigenvalue weighted by molar-refractivity contribution is -0.137. The topological polar surface area (TPSA) is 523 Å². The molecule has 24 N–H and O–H groups in total. The Morgan fingerprint density at radius 2 is 0.921 bits per heavy atom. The molecule has 0 spiro atoms. The molecule has 11 atom stereocenters. The summed E-state index contributed by atoms with van der Waals surface area (Å²) < 4.78 is 0. The van der Waals surface area contributed by atoms with Crippen LogP contribution in [0.4, 0.5) is 0 Å². The summed E-state index contributed by atoms with van der Waals surface area (Å²) in [6.45, 7) is 7.24. The number of nitrogens with two attached hydrogens (primary N) is 7. The summed E-state index contributed by atoms with van der Waals surface area (Å²) in [6.07, 6.45) is 1.25. The van der Waals surface area contributed by atoms with Gasteiger partial charge in [-0.25, -0.2) is 0 Å². The molecule has 12 amide bonds. The molecule has 3 rings (SSSR count). The summed E-state index contributed by atoms with van der Waals surface area (Å²) in [5.41, 5.74) is 40.3. The van der Waals surface area contributed by atoms with Gasteiger partial charge in [-0.15, -0.1) is 0 Å². The number of carbonyl (C=O) groups is 12. The van der Waals surface area contributed by atoms with Gasteiger partial charge in [-0.1, -0.05) is 89.1 Å². The number of nitrogens with one attached hydrogen (secondary N) is 10. The number of aromatic amines is 1. The molecule has 1 aromatic heterocycles. The first kappa shape index (κ1) is 74.1. The molecule has 0 aliphatic carbocycles. The van der Waals surface area contributed by atoms with E-state index in [2.05, 4.69) is 57.8 Å². The predicted molar refractivity (Wildman–Crippen MR) is 332 cm³/mol. The van der Waals surface area contributed by atoms with Gasteiger partial charge in [0.1, 0.15) is 48.3 Å². The molecule has 1 heterocycles. The second-order valence-electron chi connectivity index (χ2n) is 22.0. The van der Waals surface area contributed by atoms with Crippen LogP contribution < -0.4 is 88.0 Å². The van der Waals surface area contributed by atoms with Crippen LogP contribution in [-0.2, 0) is 70.4 Å². The Bertz CT molecular complexity index is 2920. The van der Waals surface area contributed by atoms with Crippen molar-refractivity contribution in [3.05, 3.63) is 71.9 Å². The summed E-state index contributed by atoms with van der Waals surface area (Å²) in [4.78, 5) is 170. The maximum Gasteiger partial charge on any atom is 0.243 e. The van der Waals surface area contributed by atoms with E-state index in [1.54, 1.807) is 76.4 Å². The maximum absolute atomic E-state index is 15.0. The van der Waals surface area contributed by atoms with Crippen LogP contribution in [0.25, 0.3) is 10.9 Å². The Kier molecular flexibility index (Phi) is 31.8. The van der Waals surface area contributed by atoms with Crippen molar-refractivity contribution in [2.75, 3.05) is 20.1 Å². The van der Waals surface area contributed by atoms with Crippen molar-refractivity contribution in [3.8, 4) is 0 Å². The Balaban J connectivity index is 2.04. The maximum atomic E-state index is 15.0. The molecule has 89 heavy (non-hydrogen) atoms. The lowest BCUT2D eigenvalue weighted by Gasteiger charge is -2.31. The number of likely N-dealkylation sites (N-methyl/N-ethyl adjacent to an activating group) is 1. The lowest BCUT2D eigenvalue weighted by Crippen LogP contribution is -2.62. The van der Waals surface area contributed by atoms with Crippen LogP contribution >= 0.6 is 0 Å². The number of rotatable bonds is 42. The number of unbranched alkanes of at least 4 members (excludes halogenated alkanes) is 1. The van der Waals surface area contributed by atoms with Crippen molar-refractivity contribution in [2.45, 2.75) is 172 Å². The fourth-order valence-electron chi connectivity index (χ4n) is 9.50. The first-order chi connectivity index (χ1) is 42.2. The summed E-state index contributed by atoms with van der Waals surface area (Å²) >= 11 is 0. The van der Waals surface area contributed by atoms with Gasteiger partial charge in [-0.2, -0.15) is 0 Å². The van der Waals surface area contributed by atoms with Gasteiger partial charge < -0.3 is 93.0 Å². The third-order valence-electron chi connectivity index (χ3n) is 15.1. The number of fused-ring (bicyclic) bond motifs is 1. The first-order valence-electron chi connectivity index (χ1n) is 29.8. The zero-order chi connectivity index (χ0) is 66.3. The molecule has 0 aliphatic rings.